The van der Waals surface area contributed by atoms with Crippen LogP contribution >= 0.6 is 0 Å². The quantitative estimate of drug-likeness (QED) is 0.313. The topological polar surface area (TPSA) is 112 Å². The molecule has 0 fully saturated rings. The molecule has 0 amide bonds. The molecule has 138 valence electrons. The van der Waals surface area contributed by atoms with Crippen LogP contribution in [0.4, 0.5) is 0 Å². The third-order valence-electron chi connectivity index (χ3n) is 5.13. The van der Waals surface area contributed by atoms with Crippen LogP contribution in [-0.2, 0) is 0 Å². The summed E-state index contributed by atoms with van der Waals surface area (Å²) in [4.78, 5) is 21.2. The maximum Gasteiger partial charge on any atom is 0.346 e. The molecule has 0 atom stereocenters. The first kappa shape index (κ1) is 15.8. The average molecular weight is 381 g/mol. The summed E-state index contributed by atoms with van der Waals surface area (Å²) >= 11 is 0. The third-order valence-corrected chi connectivity index (χ3v) is 5.13. The molecule has 0 spiro atoms. The second-order valence-electron chi connectivity index (χ2n) is 6.78. The lowest BCUT2D eigenvalue weighted by Gasteiger charge is -2.08. The molecule has 7 heteroatoms. The number of benzene rings is 3. The molecule has 6 rings (SSSR count). The predicted molar refractivity (Wildman–Crippen MR) is 105 cm³/mol. The molecular weight excluding hydrogens is 370 g/mol. The monoisotopic (exact) mass is 381 g/mol. The minimum atomic E-state index is -0.611. The Hall–Kier alpha value is -4.26. The number of fused-ring (bicyclic) bond motifs is 3. The summed E-state index contributed by atoms with van der Waals surface area (Å²) in [6, 6.07) is 16.1. The van der Waals surface area contributed by atoms with Gasteiger partial charge in [-0.25, -0.2) is 14.8 Å². The molecule has 29 heavy (non-hydrogen) atoms. The molecule has 0 saturated carbocycles. The number of hydrogen-bond acceptors (Lipinski definition) is 7. The Morgan fingerprint density at radius 1 is 0.828 bits per heavy atom. The van der Waals surface area contributed by atoms with Crippen molar-refractivity contribution in [2.45, 2.75) is 0 Å². The van der Waals surface area contributed by atoms with Gasteiger partial charge in [-0.1, -0.05) is 24.3 Å². The largest absolute Gasteiger partial charge is 0.480 e. The van der Waals surface area contributed by atoms with Gasteiger partial charge in [0.25, 0.3) is 5.95 Å². The first-order valence-corrected chi connectivity index (χ1v) is 8.86. The molecule has 1 aliphatic rings. The van der Waals surface area contributed by atoms with Gasteiger partial charge in [0.05, 0.1) is 26.7 Å². The van der Waals surface area contributed by atoms with Gasteiger partial charge in [0.1, 0.15) is 5.58 Å². The smallest absolute Gasteiger partial charge is 0.346 e. The number of rotatable bonds is 0. The summed E-state index contributed by atoms with van der Waals surface area (Å²) < 4.78 is 10.7. The highest BCUT2D eigenvalue weighted by molar-refractivity contribution is 6.20. The zero-order valence-corrected chi connectivity index (χ0v) is 14.8. The van der Waals surface area contributed by atoms with Crippen LogP contribution in [0, 0.1) is 5.41 Å². The van der Waals surface area contributed by atoms with Gasteiger partial charge in [0, 0.05) is 10.8 Å². The Morgan fingerprint density at radius 3 is 2.31 bits per heavy atom. The molecule has 0 unspecified atom stereocenters. The third kappa shape index (κ3) is 2.12. The van der Waals surface area contributed by atoms with E-state index in [1.54, 1.807) is 24.3 Å². The summed E-state index contributed by atoms with van der Waals surface area (Å²) in [6.07, 6.45) is 0. The highest BCUT2D eigenvalue weighted by atomic mass is 16.5. The lowest BCUT2D eigenvalue weighted by molar-refractivity contribution is 0.319. The summed E-state index contributed by atoms with van der Waals surface area (Å²) in [6.45, 7) is 0. The number of nitrogens with zero attached hydrogens (tertiary/aromatic N) is 2. The molecule has 3 aromatic carbocycles. The minimum absolute atomic E-state index is 0.0946. The molecule has 0 aliphatic carbocycles. The Balaban J connectivity index is 1.84. The van der Waals surface area contributed by atoms with Crippen molar-refractivity contribution in [3.05, 3.63) is 86.5 Å². The standard InChI is InChI=1S/C22H11N3O4/c23-19-14(20-24-15-6-1-2-7-16(15)25-20)8-12-10-4-3-5-11-18(10)13(9-17(12)28-19)22(27)29-21(11)26/h1-9,23,27H. The van der Waals surface area contributed by atoms with Gasteiger partial charge >= 0.3 is 5.63 Å². The summed E-state index contributed by atoms with van der Waals surface area (Å²) in [7, 11) is 0. The predicted octanol–water partition coefficient (Wildman–Crippen LogP) is 1.62. The van der Waals surface area contributed by atoms with Crippen molar-refractivity contribution in [1.82, 2.24) is 0 Å². The summed E-state index contributed by atoms with van der Waals surface area (Å²) in [5.41, 5.74) is -0.318. The lowest BCUT2D eigenvalue weighted by Crippen LogP contribution is -2.25. The summed E-state index contributed by atoms with van der Waals surface area (Å²) in [5.74, 6) is -0.0758. The fraction of sp³-hybridized carbons (Fsp3) is 0. The number of aromatic hydroxyl groups is 1. The van der Waals surface area contributed by atoms with Gasteiger partial charge in [-0.2, -0.15) is 0 Å². The maximum absolute atomic E-state index is 12.2. The van der Waals surface area contributed by atoms with Gasteiger partial charge in [-0.15, -0.1) is 0 Å². The van der Waals surface area contributed by atoms with E-state index in [9.17, 15) is 9.90 Å². The normalized spacial score (nSPS) is 13.0. The van der Waals surface area contributed by atoms with E-state index in [1.165, 1.54) is 0 Å². The number of nitrogens with one attached hydrogen (secondary N) is 1. The first-order valence-electron chi connectivity index (χ1n) is 8.86. The fourth-order valence-corrected chi connectivity index (χ4v) is 3.82. The van der Waals surface area contributed by atoms with Gasteiger partial charge < -0.3 is 13.9 Å². The van der Waals surface area contributed by atoms with Crippen molar-refractivity contribution in [3.63, 3.8) is 0 Å². The Labute approximate surface area is 160 Å². The van der Waals surface area contributed by atoms with E-state index in [2.05, 4.69) is 9.98 Å². The lowest BCUT2D eigenvalue weighted by atomic mass is 9.99. The maximum atomic E-state index is 12.2. The van der Waals surface area contributed by atoms with E-state index in [1.807, 2.05) is 30.3 Å². The van der Waals surface area contributed by atoms with Crippen LogP contribution < -0.4 is 27.1 Å². The molecule has 7 nitrogen and oxygen atoms in total. The molecule has 0 bridgehead atoms. The second kappa shape index (κ2) is 5.39. The van der Waals surface area contributed by atoms with Crippen molar-refractivity contribution in [2.75, 3.05) is 0 Å². The van der Waals surface area contributed by atoms with Gasteiger partial charge in [0.15, 0.2) is 5.82 Å². The van der Waals surface area contributed by atoms with Gasteiger partial charge in [-0.3, -0.25) is 5.41 Å². The molecule has 0 saturated heterocycles. The van der Waals surface area contributed by atoms with Gasteiger partial charge in [-0.05, 0) is 35.7 Å². The van der Waals surface area contributed by atoms with Crippen LogP contribution in [-0.4, -0.2) is 5.11 Å². The van der Waals surface area contributed by atoms with Crippen LogP contribution in [0.3, 0.4) is 0 Å². The molecule has 2 aromatic heterocycles. The van der Waals surface area contributed by atoms with E-state index in [0.29, 0.717) is 43.6 Å². The van der Waals surface area contributed by atoms with Crippen LogP contribution in [0.15, 0.2) is 78.2 Å². The Kier molecular flexibility index (Phi) is 2.93. The number of hydrogen-bond donors (Lipinski definition) is 2. The van der Waals surface area contributed by atoms with Crippen LogP contribution in [0.5, 0.6) is 5.95 Å². The SMILES string of the molecule is N=c1oc2cc3c(O)oc(=O)c4cccc(c2cc1=C1N=c2ccccc2=N1)c34. The first-order chi connectivity index (χ1) is 14.1. The fourth-order valence-electron chi connectivity index (χ4n) is 3.82. The van der Waals surface area contributed by atoms with Crippen molar-refractivity contribution < 1.29 is 13.9 Å². The molecule has 1 aliphatic heterocycles. The molecule has 2 N–H and O–H groups in total. The zero-order chi connectivity index (χ0) is 19.7. The molecular formula is C22H11N3O4. The van der Waals surface area contributed by atoms with Crippen molar-refractivity contribution in [3.8, 4) is 5.95 Å². The average Bonchev–Trinajstić information content (AvgIpc) is 3.15. The van der Waals surface area contributed by atoms with E-state index in [4.69, 9.17) is 14.2 Å². The molecule has 0 radical (unpaired) electrons. The Morgan fingerprint density at radius 2 is 1.55 bits per heavy atom. The van der Waals surface area contributed by atoms with Crippen molar-refractivity contribution in [2.24, 2.45) is 9.98 Å². The Bertz CT molecular complexity index is 1780. The van der Waals surface area contributed by atoms with E-state index >= 15 is 0 Å². The van der Waals surface area contributed by atoms with Gasteiger partial charge in [0.2, 0.25) is 5.55 Å². The summed E-state index contributed by atoms with van der Waals surface area (Å²) in [5, 5.41) is 23.1. The minimum Gasteiger partial charge on any atom is -0.480 e. The molecule has 5 aromatic rings. The van der Waals surface area contributed by atoms with Crippen molar-refractivity contribution in [1.29, 1.82) is 5.41 Å². The van der Waals surface area contributed by atoms with E-state index < -0.39 is 11.6 Å². The second-order valence-corrected chi connectivity index (χ2v) is 6.78. The highest BCUT2D eigenvalue weighted by Crippen LogP contribution is 2.35. The van der Waals surface area contributed by atoms with Crippen LogP contribution in [0.25, 0.3) is 38.3 Å². The van der Waals surface area contributed by atoms with Crippen molar-refractivity contribution >= 4 is 38.3 Å². The van der Waals surface area contributed by atoms with Crippen LogP contribution in [0.2, 0.25) is 0 Å². The number of para-hydroxylation sites is 2. The molecule has 3 heterocycles. The van der Waals surface area contributed by atoms with E-state index in [0.717, 1.165) is 10.7 Å². The van der Waals surface area contributed by atoms with E-state index in [-0.39, 0.29) is 5.55 Å². The highest BCUT2D eigenvalue weighted by Gasteiger charge is 2.16. The zero-order valence-electron chi connectivity index (χ0n) is 14.8. The van der Waals surface area contributed by atoms with Crippen LogP contribution in [0.1, 0.15) is 0 Å².